The molecule has 0 radical (unpaired) electrons. The van der Waals surface area contributed by atoms with Crippen LogP contribution in [0.15, 0.2) is 53.8 Å². The quantitative estimate of drug-likeness (QED) is 0.687. The lowest BCUT2D eigenvalue weighted by Crippen LogP contribution is -2.02. The van der Waals surface area contributed by atoms with E-state index in [-0.39, 0.29) is 0 Å². The molecule has 16 heavy (non-hydrogen) atoms. The highest BCUT2D eigenvalue weighted by Gasteiger charge is 2.15. The Kier molecular flexibility index (Phi) is 2.07. The second kappa shape index (κ2) is 3.56. The molecule has 0 aromatic heterocycles. The lowest BCUT2D eigenvalue weighted by molar-refractivity contribution is 0.511. The number of aliphatic hydroxyl groups excluding tert-OH is 1. The van der Waals surface area contributed by atoms with Crippen LogP contribution in [0, 0.1) is 0 Å². The van der Waals surface area contributed by atoms with Crippen LogP contribution in [0.3, 0.4) is 0 Å². The van der Waals surface area contributed by atoms with Gasteiger partial charge in [-0.15, -0.1) is 0 Å². The summed E-state index contributed by atoms with van der Waals surface area (Å²) in [6, 6.07) is 7.82. The highest BCUT2D eigenvalue weighted by Crippen LogP contribution is 2.32. The fourth-order valence-electron chi connectivity index (χ4n) is 2.16. The van der Waals surface area contributed by atoms with Gasteiger partial charge in [-0.3, -0.25) is 0 Å². The number of rotatable bonds is 0. The van der Waals surface area contributed by atoms with Crippen LogP contribution in [-0.4, -0.2) is 5.11 Å². The van der Waals surface area contributed by atoms with E-state index in [9.17, 15) is 5.11 Å². The molecule has 0 fully saturated rings. The van der Waals surface area contributed by atoms with E-state index < -0.39 is 0 Å². The van der Waals surface area contributed by atoms with Crippen molar-refractivity contribution in [1.82, 2.24) is 0 Å². The molecule has 0 bridgehead atoms. The fourth-order valence-corrected chi connectivity index (χ4v) is 2.16. The highest BCUT2D eigenvalue weighted by molar-refractivity contribution is 5.78. The Morgan fingerprint density at radius 1 is 1.19 bits per heavy atom. The van der Waals surface area contributed by atoms with Crippen LogP contribution in [0.4, 0.5) is 5.69 Å². The summed E-state index contributed by atoms with van der Waals surface area (Å²) >= 11 is 0. The van der Waals surface area contributed by atoms with Crippen molar-refractivity contribution in [2.45, 2.75) is 12.8 Å². The Morgan fingerprint density at radius 2 is 2.06 bits per heavy atom. The molecule has 1 heterocycles. The molecule has 2 aliphatic rings. The predicted molar refractivity (Wildman–Crippen MR) is 66.1 cm³/mol. The van der Waals surface area contributed by atoms with E-state index in [1.165, 1.54) is 5.57 Å². The first kappa shape index (κ1) is 9.28. The van der Waals surface area contributed by atoms with Crippen LogP contribution in [0.2, 0.25) is 0 Å². The van der Waals surface area contributed by atoms with Gasteiger partial charge in [-0.05, 0) is 42.7 Å². The van der Waals surface area contributed by atoms with Crippen LogP contribution in [-0.2, 0) is 0 Å². The van der Waals surface area contributed by atoms with Gasteiger partial charge in [0, 0.05) is 16.9 Å². The first-order valence-electron chi connectivity index (χ1n) is 5.51. The van der Waals surface area contributed by atoms with Crippen LogP contribution in [0.25, 0.3) is 5.76 Å². The molecule has 1 aromatic rings. The monoisotopic (exact) mass is 211 g/mol. The number of allylic oxidation sites excluding steroid dienone is 4. The molecule has 0 unspecified atom stereocenters. The number of nitrogens with one attached hydrogen (secondary N) is 1. The fraction of sp³-hybridized carbons (Fsp3) is 0.143. The average Bonchev–Trinajstić information content (AvgIpc) is 2.45. The smallest absolute Gasteiger partial charge is 0.125 e. The van der Waals surface area contributed by atoms with Gasteiger partial charge in [0.1, 0.15) is 5.76 Å². The minimum absolute atomic E-state index is 0.350. The van der Waals surface area contributed by atoms with Gasteiger partial charge in [-0.1, -0.05) is 18.2 Å². The highest BCUT2D eigenvalue weighted by atomic mass is 16.3. The minimum atomic E-state index is 0.350. The number of anilines is 1. The summed E-state index contributed by atoms with van der Waals surface area (Å²) < 4.78 is 0. The standard InChI is InChI=1S/C14H13NO/c16-14-9-10-5-1-3-7-12(10)15-13-8-4-2-6-11(13)14/h2-4,6-9,15-16H,1,5H2. The molecule has 0 saturated heterocycles. The van der Waals surface area contributed by atoms with E-state index in [0.717, 1.165) is 29.8 Å². The molecule has 2 heteroatoms. The van der Waals surface area contributed by atoms with E-state index in [2.05, 4.69) is 17.5 Å². The largest absolute Gasteiger partial charge is 0.507 e. The molecular weight excluding hydrogens is 198 g/mol. The first-order chi connectivity index (χ1) is 7.84. The van der Waals surface area contributed by atoms with E-state index >= 15 is 0 Å². The van der Waals surface area contributed by atoms with Crippen molar-refractivity contribution < 1.29 is 5.11 Å². The maximum absolute atomic E-state index is 10.0. The molecule has 3 rings (SSSR count). The topological polar surface area (TPSA) is 32.3 Å². The minimum Gasteiger partial charge on any atom is -0.507 e. The zero-order valence-electron chi connectivity index (χ0n) is 8.90. The van der Waals surface area contributed by atoms with Crippen molar-refractivity contribution in [3.05, 3.63) is 59.3 Å². The van der Waals surface area contributed by atoms with Crippen molar-refractivity contribution in [2.75, 3.05) is 5.32 Å². The van der Waals surface area contributed by atoms with Gasteiger partial charge in [0.2, 0.25) is 0 Å². The predicted octanol–water partition coefficient (Wildman–Crippen LogP) is 3.62. The van der Waals surface area contributed by atoms with Crippen LogP contribution < -0.4 is 5.32 Å². The number of hydrogen-bond donors (Lipinski definition) is 2. The summed E-state index contributed by atoms with van der Waals surface area (Å²) in [5.41, 5.74) is 4.11. The Labute approximate surface area is 94.6 Å². The van der Waals surface area contributed by atoms with Gasteiger partial charge < -0.3 is 10.4 Å². The summed E-state index contributed by atoms with van der Waals surface area (Å²) in [6.07, 6.45) is 8.14. The molecule has 2 N–H and O–H groups in total. The van der Waals surface area contributed by atoms with Crippen molar-refractivity contribution >= 4 is 11.4 Å². The number of hydrogen-bond acceptors (Lipinski definition) is 2. The van der Waals surface area contributed by atoms with Gasteiger partial charge >= 0.3 is 0 Å². The molecule has 0 atom stereocenters. The molecule has 0 saturated carbocycles. The summed E-state index contributed by atoms with van der Waals surface area (Å²) in [5.74, 6) is 0.350. The lowest BCUT2D eigenvalue weighted by Gasteiger charge is -2.13. The third kappa shape index (κ3) is 1.43. The Balaban J connectivity index is 2.16. The normalized spacial score (nSPS) is 18.1. The molecule has 2 nitrogen and oxygen atoms in total. The third-order valence-electron chi connectivity index (χ3n) is 2.99. The van der Waals surface area contributed by atoms with Crippen molar-refractivity contribution in [3.63, 3.8) is 0 Å². The van der Waals surface area contributed by atoms with Crippen LogP contribution in [0.5, 0.6) is 0 Å². The third-order valence-corrected chi connectivity index (χ3v) is 2.99. The number of para-hydroxylation sites is 1. The van der Waals surface area contributed by atoms with Crippen LogP contribution in [0.1, 0.15) is 18.4 Å². The van der Waals surface area contributed by atoms with E-state index in [1.807, 2.05) is 30.3 Å². The lowest BCUT2D eigenvalue weighted by atomic mass is 10.0. The maximum atomic E-state index is 10.0. The van der Waals surface area contributed by atoms with Crippen molar-refractivity contribution in [2.24, 2.45) is 0 Å². The second-order valence-corrected chi connectivity index (χ2v) is 4.08. The van der Waals surface area contributed by atoms with E-state index in [1.54, 1.807) is 0 Å². The number of aliphatic hydroxyl groups is 1. The van der Waals surface area contributed by atoms with E-state index in [0.29, 0.717) is 5.76 Å². The molecule has 1 aliphatic carbocycles. The molecule has 1 aromatic carbocycles. The molecule has 1 aliphatic heterocycles. The van der Waals surface area contributed by atoms with E-state index in [4.69, 9.17) is 0 Å². The zero-order chi connectivity index (χ0) is 11.0. The SMILES string of the molecule is OC1=CC2=C(C=CCC2)Nc2ccccc21. The molecule has 0 spiro atoms. The van der Waals surface area contributed by atoms with Gasteiger partial charge in [-0.2, -0.15) is 0 Å². The Morgan fingerprint density at radius 3 is 3.00 bits per heavy atom. The molecule has 0 amide bonds. The summed E-state index contributed by atoms with van der Waals surface area (Å²) in [4.78, 5) is 0. The molecular formula is C14H13NO. The second-order valence-electron chi connectivity index (χ2n) is 4.08. The Hall–Kier alpha value is -1.96. The number of benzene rings is 1. The van der Waals surface area contributed by atoms with Gasteiger partial charge in [0.05, 0.1) is 0 Å². The van der Waals surface area contributed by atoms with Crippen molar-refractivity contribution in [3.8, 4) is 0 Å². The first-order valence-corrected chi connectivity index (χ1v) is 5.51. The molecule has 80 valence electrons. The van der Waals surface area contributed by atoms with Gasteiger partial charge in [-0.25, -0.2) is 0 Å². The Bertz CT molecular complexity index is 523. The average molecular weight is 211 g/mol. The number of fused-ring (bicyclic) bond motifs is 1. The van der Waals surface area contributed by atoms with Gasteiger partial charge in [0.15, 0.2) is 0 Å². The van der Waals surface area contributed by atoms with Crippen LogP contribution >= 0.6 is 0 Å². The maximum Gasteiger partial charge on any atom is 0.125 e. The summed E-state index contributed by atoms with van der Waals surface area (Å²) in [6.45, 7) is 0. The zero-order valence-corrected chi connectivity index (χ0v) is 8.90. The summed E-state index contributed by atoms with van der Waals surface area (Å²) in [5, 5.41) is 13.4. The van der Waals surface area contributed by atoms with Gasteiger partial charge in [0.25, 0.3) is 0 Å². The van der Waals surface area contributed by atoms with Crippen molar-refractivity contribution in [1.29, 1.82) is 0 Å². The summed E-state index contributed by atoms with van der Waals surface area (Å²) in [7, 11) is 0.